The number of aromatic nitrogens is 4. The molecule has 1 unspecified atom stereocenters. The minimum absolute atomic E-state index is 0.0677. The van der Waals surface area contributed by atoms with Crippen LogP contribution in [0.1, 0.15) is 6.92 Å². The molecule has 0 bridgehead atoms. The molecule has 2 heterocycles. The van der Waals surface area contributed by atoms with Gasteiger partial charge in [-0.05, 0) is 6.92 Å². The van der Waals surface area contributed by atoms with Crippen molar-refractivity contribution in [2.75, 3.05) is 46.4 Å². The highest BCUT2D eigenvalue weighted by Crippen LogP contribution is 2.46. The zero-order valence-electron chi connectivity index (χ0n) is 16.4. The summed E-state index contributed by atoms with van der Waals surface area (Å²) >= 11 is 0. The Labute approximate surface area is 163 Å². The second kappa shape index (κ2) is 9.89. The molecule has 0 aromatic carbocycles. The van der Waals surface area contributed by atoms with E-state index in [1.807, 2.05) is 6.92 Å². The lowest BCUT2D eigenvalue weighted by Crippen LogP contribution is -2.17. The predicted octanol–water partition coefficient (Wildman–Crippen LogP) is 2.53. The van der Waals surface area contributed by atoms with E-state index < -0.39 is 15.2 Å². The summed E-state index contributed by atoms with van der Waals surface area (Å²) < 4.78 is 51.1. The average molecular weight is 437 g/mol. The van der Waals surface area contributed by atoms with Crippen LogP contribution < -0.4 is 5.32 Å². The SMILES string of the molecule is COP(=O)(CNc1ncnc2c1ncn2CC(C)OCP(=O)(OC)OC)OC. The summed E-state index contributed by atoms with van der Waals surface area (Å²) in [6, 6.07) is 0. The Morgan fingerprint density at radius 3 is 2.29 bits per heavy atom. The van der Waals surface area contributed by atoms with Crippen molar-refractivity contribution in [3.63, 3.8) is 0 Å². The van der Waals surface area contributed by atoms with E-state index in [1.165, 1.54) is 34.8 Å². The molecule has 0 aliphatic heterocycles. The topological polar surface area (TPSA) is 136 Å². The Morgan fingerprint density at radius 2 is 1.68 bits per heavy atom. The first kappa shape index (κ1) is 22.9. The molecule has 2 aromatic rings. The van der Waals surface area contributed by atoms with Crippen molar-refractivity contribution < 1.29 is 32.0 Å². The van der Waals surface area contributed by atoms with Gasteiger partial charge < -0.3 is 32.7 Å². The minimum Gasteiger partial charge on any atom is -0.364 e. The highest BCUT2D eigenvalue weighted by Gasteiger charge is 2.24. The smallest absolute Gasteiger partial charge is 0.355 e. The fourth-order valence-electron chi connectivity index (χ4n) is 2.25. The third-order valence-corrected chi connectivity index (χ3v) is 7.16. The average Bonchev–Trinajstić information content (AvgIpc) is 3.13. The van der Waals surface area contributed by atoms with Crippen LogP contribution in [0.3, 0.4) is 0 Å². The summed E-state index contributed by atoms with van der Waals surface area (Å²) in [5.74, 6) is 0.398. The van der Waals surface area contributed by atoms with Crippen LogP contribution in [0.5, 0.6) is 0 Å². The van der Waals surface area contributed by atoms with Gasteiger partial charge in [0.2, 0.25) is 0 Å². The number of imidazole rings is 1. The van der Waals surface area contributed by atoms with Crippen molar-refractivity contribution in [3.05, 3.63) is 12.7 Å². The number of hydrogen-bond acceptors (Lipinski definition) is 11. The minimum atomic E-state index is -3.25. The number of ether oxygens (including phenoxy) is 1. The molecule has 12 nitrogen and oxygen atoms in total. The fourth-order valence-corrected chi connectivity index (χ4v) is 3.79. The van der Waals surface area contributed by atoms with E-state index in [0.29, 0.717) is 23.5 Å². The van der Waals surface area contributed by atoms with Gasteiger partial charge in [0.25, 0.3) is 0 Å². The molecule has 0 amide bonds. The lowest BCUT2D eigenvalue weighted by molar-refractivity contribution is 0.0718. The van der Waals surface area contributed by atoms with Crippen molar-refractivity contribution in [1.29, 1.82) is 0 Å². The molecule has 0 aliphatic rings. The van der Waals surface area contributed by atoms with Crippen molar-refractivity contribution in [2.24, 2.45) is 0 Å². The number of nitrogens with zero attached hydrogens (tertiary/aromatic N) is 4. The van der Waals surface area contributed by atoms with Crippen molar-refractivity contribution in [2.45, 2.75) is 19.6 Å². The van der Waals surface area contributed by atoms with Crippen LogP contribution in [-0.4, -0.2) is 66.7 Å². The fraction of sp³-hybridized carbons (Fsp3) is 0.643. The van der Waals surface area contributed by atoms with E-state index in [4.69, 9.17) is 22.8 Å². The number of hydrogen-bond donors (Lipinski definition) is 1. The Balaban J connectivity index is 2.09. The van der Waals surface area contributed by atoms with Gasteiger partial charge in [-0.3, -0.25) is 9.13 Å². The predicted molar refractivity (Wildman–Crippen MR) is 102 cm³/mol. The molecule has 2 aromatic heterocycles. The molecule has 2 rings (SSSR count). The van der Waals surface area contributed by atoms with Gasteiger partial charge in [-0.25, -0.2) is 15.0 Å². The monoisotopic (exact) mass is 437 g/mol. The number of rotatable bonds is 12. The van der Waals surface area contributed by atoms with Crippen LogP contribution >= 0.6 is 15.2 Å². The molecular formula is C14H25N5O7P2. The largest absolute Gasteiger partial charge is 0.364 e. The first-order chi connectivity index (χ1) is 13.3. The summed E-state index contributed by atoms with van der Waals surface area (Å²) in [6.07, 6.45) is 2.40. The van der Waals surface area contributed by atoms with E-state index >= 15 is 0 Å². The van der Waals surface area contributed by atoms with Gasteiger partial charge in [-0.1, -0.05) is 0 Å². The molecule has 1 N–H and O–H groups in total. The highest BCUT2D eigenvalue weighted by atomic mass is 31.2. The molecule has 0 saturated heterocycles. The number of anilines is 1. The third kappa shape index (κ3) is 5.57. The summed E-state index contributed by atoms with van der Waals surface area (Å²) in [6.45, 7) is 2.21. The molecule has 14 heteroatoms. The first-order valence-corrected chi connectivity index (χ1v) is 11.7. The van der Waals surface area contributed by atoms with Crippen molar-refractivity contribution in [1.82, 2.24) is 19.5 Å². The number of fused-ring (bicyclic) bond motifs is 1. The van der Waals surface area contributed by atoms with E-state index in [2.05, 4.69) is 20.3 Å². The van der Waals surface area contributed by atoms with Gasteiger partial charge >= 0.3 is 15.2 Å². The Kier molecular flexibility index (Phi) is 8.08. The van der Waals surface area contributed by atoms with Gasteiger partial charge in [0.15, 0.2) is 11.5 Å². The molecule has 1 atom stereocenters. The lowest BCUT2D eigenvalue weighted by Gasteiger charge is -2.18. The van der Waals surface area contributed by atoms with E-state index in [1.54, 1.807) is 10.9 Å². The van der Waals surface area contributed by atoms with E-state index in [-0.39, 0.29) is 18.7 Å². The van der Waals surface area contributed by atoms with Crippen LogP contribution in [0.15, 0.2) is 12.7 Å². The molecule has 0 spiro atoms. The second-order valence-electron chi connectivity index (χ2n) is 5.68. The molecule has 0 radical (unpaired) electrons. The van der Waals surface area contributed by atoms with Gasteiger partial charge in [0, 0.05) is 28.4 Å². The summed E-state index contributed by atoms with van der Waals surface area (Å²) in [5, 5.41) is 2.92. The maximum absolute atomic E-state index is 12.2. The first-order valence-electron chi connectivity index (χ1n) is 8.22. The Morgan fingerprint density at radius 1 is 1.04 bits per heavy atom. The van der Waals surface area contributed by atoms with Gasteiger partial charge in [0.05, 0.1) is 19.0 Å². The zero-order chi connectivity index (χ0) is 20.8. The van der Waals surface area contributed by atoms with E-state index in [9.17, 15) is 9.13 Å². The van der Waals surface area contributed by atoms with E-state index in [0.717, 1.165) is 0 Å². The van der Waals surface area contributed by atoms with Crippen LogP contribution in [0.4, 0.5) is 5.82 Å². The van der Waals surface area contributed by atoms with Crippen LogP contribution in [0, 0.1) is 0 Å². The molecule has 28 heavy (non-hydrogen) atoms. The van der Waals surface area contributed by atoms with Crippen LogP contribution in [0.2, 0.25) is 0 Å². The maximum Gasteiger partial charge on any atom is 0.355 e. The highest BCUT2D eigenvalue weighted by molar-refractivity contribution is 7.54. The van der Waals surface area contributed by atoms with Crippen molar-refractivity contribution >= 4 is 32.2 Å². The molecule has 0 saturated carbocycles. The third-order valence-electron chi connectivity index (χ3n) is 3.93. The summed E-state index contributed by atoms with van der Waals surface area (Å²) in [4.78, 5) is 12.7. The van der Waals surface area contributed by atoms with Gasteiger partial charge in [0.1, 0.15) is 24.5 Å². The summed E-state index contributed by atoms with van der Waals surface area (Å²) in [7, 11) is -1.27. The van der Waals surface area contributed by atoms with Crippen molar-refractivity contribution in [3.8, 4) is 0 Å². The maximum atomic E-state index is 12.2. The Bertz CT molecular complexity index is 861. The standard InChI is InChI=1S/C14H25N5O7P2/c1-11(26-10-28(21,24-4)25-5)6-19-8-17-12-13(15-7-16-14(12)19)18-9-27(20,22-2)23-3/h7-8,11H,6,9-10H2,1-5H3,(H,15,16,18). The zero-order valence-corrected chi connectivity index (χ0v) is 18.2. The Hall–Kier alpha value is -1.39. The second-order valence-corrected chi connectivity index (χ2v) is 10.2. The molecular weight excluding hydrogens is 412 g/mol. The van der Waals surface area contributed by atoms with Gasteiger partial charge in [-0.15, -0.1) is 0 Å². The quantitative estimate of drug-likeness (QED) is 0.491. The molecule has 158 valence electrons. The van der Waals surface area contributed by atoms with Gasteiger partial charge in [-0.2, -0.15) is 0 Å². The normalized spacial score (nSPS) is 13.8. The lowest BCUT2D eigenvalue weighted by atomic mass is 10.4. The molecule has 0 aliphatic carbocycles. The summed E-state index contributed by atoms with van der Waals surface area (Å²) in [5.41, 5.74) is 1.05. The number of nitrogens with one attached hydrogen (secondary N) is 1. The van der Waals surface area contributed by atoms with Crippen LogP contribution in [0.25, 0.3) is 11.2 Å². The molecule has 0 fully saturated rings. The van der Waals surface area contributed by atoms with Crippen LogP contribution in [-0.2, 0) is 38.5 Å².